The first-order valence-electron chi connectivity index (χ1n) is 11.3. The Kier molecular flexibility index (Phi) is 6.78. The molecule has 0 radical (unpaired) electrons. The molecule has 0 bridgehead atoms. The lowest BCUT2D eigenvalue weighted by atomic mass is 10.1. The normalized spacial score (nSPS) is 14.4. The van der Waals surface area contributed by atoms with E-state index in [0.717, 1.165) is 39.9 Å². The van der Waals surface area contributed by atoms with Crippen molar-refractivity contribution in [2.45, 2.75) is 32.6 Å². The number of aryl methyl sites for hydroxylation is 2. The number of aromatic nitrogens is 1. The van der Waals surface area contributed by atoms with Gasteiger partial charge in [-0.15, -0.1) is 0 Å². The molecule has 0 atom stereocenters. The van der Waals surface area contributed by atoms with E-state index in [1.165, 1.54) is 0 Å². The van der Waals surface area contributed by atoms with Gasteiger partial charge in [-0.05, 0) is 49.1 Å². The highest BCUT2D eigenvalue weighted by Crippen LogP contribution is 2.23. The molecule has 2 heterocycles. The van der Waals surface area contributed by atoms with Crippen LogP contribution >= 0.6 is 0 Å². The van der Waals surface area contributed by atoms with Gasteiger partial charge in [0.2, 0.25) is 11.8 Å². The van der Waals surface area contributed by atoms with Crippen LogP contribution in [0.5, 0.6) is 5.75 Å². The van der Waals surface area contributed by atoms with Crippen molar-refractivity contribution in [1.29, 1.82) is 0 Å². The number of hydrogen-bond acceptors (Lipinski definition) is 3. The third-order valence-corrected chi connectivity index (χ3v) is 6.34. The Morgan fingerprint density at radius 3 is 2.34 bits per heavy atom. The van der Waals surface area contributed by atoms with E-state index >= 15 is 0 Å². The van der Waals surface area contributed by atoms with Gasteiger partial charge in [-0.2, -0.15) is 0 Å². The molecule has 1 saturated heterocycles. The minimum Gasteiger partial charge on any atom is -0.497 e. The number of methoxy groups -OCH3 is 1. The number of para-hydroxylation sites is 1. The van der Waals surface area contributed by atoms with E-state index in [1.54, 1.807) is 7.11 Å². The van der Waals surface area contributed by atoms with Crippen LogP contribution in [0.1, 0.15) is 29.7 Å². The lowest BCUT2D eigenvalue weighted by Crippen LogP contribution is -2.38. The zero-order valence-corrected chi connectivity index (χ0v) is 18.9. The highest BCUT2D eigenvalue weighted by atomic mass is 16.5. The van der Waals surface area contributed by atoms with Gasteiger partial charge in [-0.1, -0.05) is 30.3 Å². The second kappa shape index (κ2) is 9.90. The largest absolute Gasteiger partial charge is 0.497 e. The van der Waals surface area contributed by atoms with Crippen LogP contribution in [0.3, 0.4) is 0 Å². The number of hydrogen-bond donors (Lipinski definition) is 1. The van der Waals surface area contributed by atoms with Gasteiger partial charge < -0.3 is 19.5 Å². The van der Waals surface area contributed by atoms with E-state index in [4.69, 9.17) is 4.74 Å². The number of aromatic amines is 1. The van der Waals surface area contributed by atoms with Gasteiger partial charge in [-0.3, -0.25) is 9.59 Å². The molecular weight excluding hydrogens is 402 g/mol. The number of amides is 2. The van der Waals surface area contributed by atoms with Crippen LogP contribution in [0.15, 0.2) is 48.5 Å². The number of rotatable bonds is 6. The molecule has 1 aromatic heterocycles. The summed E-state index contributed by atoms with van der Waals surface area (Å²) in [7, 11) is 1.65. The number of H-pyrrole nitrogens is 1. The van der Waals surface area contributed by atoms with Crippen molar-refractivity contribution in [2.75, 3.05) is 33.3 Å². The molecule has 1 aliphatic rings. The lowest BCUT2D eigenvalue weighted by Gasteiger charge is -2.22. The quantitative estimate of drug-likeness (QED) is 0.644. The van der Waals surface area contributed by atoms with Crippen LogP contribution in [-0.4, -0.2) is 59.9 Å². The lowest BCUT2D eigenvalue weighted by molar-refractivity contribution is -0.133. The summed E-state index contributed by atoms with van der Waals surface area (Å²) in [6.45, 7) is 4.61. The summed E-state index contributed by atoms with van der Waals surface area (Å²) in [4.78, 5) is 33.0. The summed E-state index contributed by atoms with van der Waals surface area (Å²) in [5, 5.41) is 1.11. The Bertz CT molecular complexity index is 1090. The Morgan fingerprint density at radius 2 is 1.62 bits per heavy atom. The first kappa shape index (κ1) is 21.9. The molecule has 0 aliphatic carbocycles. The Labute approximate surface area is 189 Å². The van der Waals surface area contributed by atoms with E-state index < -0.39 is 0 Å². The minimum atomic E-state index is 0.130. The predicted molar refractivity (Wildman–Crippen MR) is 126 cm³/mol. The van der Waals surface area contributed by atoms with Crippen LogP contribution < -0.4 is 4.74 Å². The fourth-order valence-electron chi connectivity index (χ4n) is 4.44. The average Bonchev–Trinajstić information content (AvgIpc) is 2.98. The summed E-state index contributed by atoms with van der Waals surface area (Å²) in [6.07, 6.45) is 2.39. The fraction of sp³-hybridized carbons (Fsp3) is 0.385. The van der Waals surface area contributed by atoms with Gasteiger partial charge in [0.05, 0.1) is 13.5 Å². The molecule has 3 aromatic rings. The Balaban J connectivity index is 1.31. The summed E-state index contributed by atoms with van der Waals surface area (Å²) in [6, 6.07) is 16.0. The maximum atomic E-state index is 13.1. The Hall–Kier alpha value is -3.28. The van der Waals surface area contributed by atoms with Crippen molar-refractivity contribution in [3.05, 3.63) is 65.4 Å². The van der Waals surface area contributed by atoms with Crippen LogP contribution in [-0.2, 0) is 22.4 Å². The van der Waals surface area contributed by atoms with Crippen molar-refractivity contribution >= 4 is 22.7 Å². The average molecular weight is 434 g/mol. The van der Waals surface area contributed by atoms with Gasteiger partial charge >= 0.3 is 0 Å². The second-order valence-corrected chi connectivity index (χ2v) is 8.41. The third-order valence-electron chi connectivity index (χ3n) is 6.34. The fourth-order valence-corrected chi connectivity index (χ4v) is 4.44. The zero-order valence-electron chi connectivity index (χ0n) is 18.9. The van der Waals surface area contributed by atoms with Crippen molar-refractivity contribution < 1.29 is 14.3 Å². The molecule has 6 heteroatoms. The van der Waals surface area contributed by atoms with Crippen molar-refractivity contribution in [3.63, 3.8) is 0 Å². The first-order chi connectivity index (χ1) is 15.5. The predicted octanol–water partition coefficient (Wildman–Crippen LogP) is 3.72. The van der Waals surface area contributed by atoms with E-state index in [-0.39, 0.29) is 11.8 Å². The number of benzene rings is 2. The number of nitrogens with one attached hydrogen (secondary N) is 1. The summed E-state index contributed by atoms with van der Waals surface area (Å²) >= 11 is 0. The highest BCUT2D eigenvalue weighted by Gasteiger charge is 2.23. The van der Waals surface area contributed by atoms with E-state index in [1.807, 2.05) is 59.2 Å². The molecule has 0 unspecified atom stereocenters. The van der Waals surface area contributed by atoms with Crippen LogP contribution in [0, 0.1) is 6.92 Å². The molecule has 168 valence electrons. The highest BCUT2D eigenvalue weighted by molar-refractivity contribution is 5.90. The van der Waals surface area contributed by atoms with E-state index in [0.29, 0.717) is 45.4 Å². The Morgan fingerprint density at radius 1 is 0.938 bits per heavy atom. The van der Waals surface area contributed by atoms with Crippen LogP contribution in [0.4, 0.5) is 0 Å². The van der Waals surface area contributed by atoms with Gasteiger partial charge in [0, 0.05) is 49.2 Å². The smallest absolute Gasteiger partial charge is 0.227 e. The molecule has 1 N–H and O–H groups in total. The third kappa shape index (κ3) is 4.96. The topological polar surface area (TPSA) is 65.6 Å². The monoisotopic (exact) mass is 433 g/mol. The van der Waals surface area contributed by atoms with Gasteiger partial charge in [-0.25, -0.2) is 0 Å². The van der Waals surface area contributed by atoms with E-state index in [9.17, 15) is 9.59 Å². The van der Waals surface area contributed by atoms with Crippen molar-refractivity contribution in [3.8, 4) is 5.75 Å². The zero-order chi connectivity index (χ0) is 22.5. The molecule has 1 aliphatic heterocycles. The maximum Gasteiger partial charge on any atom is 0.227 e. The van der Waals surface area contributed by atoms with Gasteiger partial charge in [0.15, 0.2) is 0 Å². The standard InChI is InChI=1S/C26H31N3O3/c1-19-23(22-6-3-4-7-24(22)27-19)18-26(31)29-15-5-14-28(16-17-29)25(30)13-10-20-8-11-21(32-2)12-9-20/h3-4,6-9,11-12,27H,5,10,13-18H2,1-2H3. The SMILES string of the molecule is COc1ccc(CCC(=O)N2CCCN(C(=O)Cc3c(C)[nH]c4ccccc34)CC2)cc1. The van der Waals surface area contributed by atoms with Gasteiger partial charge in [0.1, 0.15) is 5.75 Å². The van der Waals surface area contributed by atoms with Crippen LogP contribution in [0.2, 0.25) is 0 Å². The van der Waals surface area contributed by atoms with Crippen LogP contribution in [0.25, 0.3) is 10.9 Å². The van der Waals surface area contributed by atoms with Crippen molar-refractivity contribution in [1.82, 2.24) is 14.8 Å². The number of fused-ring (bicyclic) bond motifs is 1. The molecule has 32 heavy (non-hydrogen) atoms. The maximum absolute atomic E-state index is 13.1. The first-order valence-corrected chi connectivity index (χ1v) is 11.3. The number of ether oxygens (including phenoxy) is 1. The summed E-state index contributed by atoms with van der Waals surface area (Å²) in [5.74, 6) is 1.10. The molecule has 0 spiro atoms. The number of carbonyl (C=O) groups excluding carboxylic acids is 2. The van der Waals surface area contributed by atoms with E-state index in [2.05, 4.69) is 11.1 Å². The molecule has 0 saturated carbocycles. The number of nitrogens with zero attached hydrogens (tertiary/aromatic N) is 2. The second-order valence-electron chi connectivity index (χ2n) is 8.41. The summed E-state index contributed by atoms with van der Waals surface area (Å²) in [5.41, 5.74) is 4.31. The molecule has 2 aromatic carbocycles. The molecule has 1 fully saturated rings. The van der Waals surface area contributed by atoms with Gasteiger partial charge in [0.25, 0.3) is 0 Å². The minimum absolute atomic E-state index is 0.130. The number of carbonyl (C=O) groups is 2. The molecule has 4 rings (SSSR count). The molecular formula is C26H31N3O3. The molecule has 6 nitrogen and oxygen atoms in total. The molecule has 2 amide bonds. The van der Waals surface area contributed by atoms with Crippen molar-refractivity contribution in [2.24, 2.45) is 0 Å². The summed E-state index contributed by atoms with van der Waals surface area (Å²) < 4.78 is 5.18.